The minimum absolute atomic E-state index is 0.156. The smallest absolute Gasteiger partial charge is 0.221 e. The van der Waals surface area contributed by atoms with Crippen molar-refractivity contribution in [1.82, 2.24) is 10.6 Å². The molecule has 0 fully saturated rings. The topological polar surface area (TPSA) is 41.1 Å². The molecule has 0 saturated heterocycles. The van der Waals surface area contributed by atoms with Crippen molar-refractivity contribution < 1.29 is 4.79 Å². The van der Waals surface area contributed by atoms with Gasteiger partial charge in [0.2, 0.25) is 5.91 Å². The van der Waals surface area contributed by atoms with Crippen LogP contribution in [0.1, 0.15) is 56.0 Å². The molecule has 1 aliphatic rings. The normalized spacial score (nSPS) is 19.8. The quantitative estimate of drug-likeness (QED) is 0.841. The Balaban J connectivity index is 1.74. The SMILES string of the molecule is CCC(C)NC(=O)CCNC1CCCc2sccc21. The molecular formula is C15H24N2OS. The lowest BCUT2D eigenvalue weighted by molar-refractivity contribution is -0.121. The molecular weight excluding hydrogens is 256 g/mol. The Hall–Kier alpha value is -0.870. The second kappa shape index (κ2) is 7.06. The van der Waals surface area contributed by atoms with Gasteiger partial charge in [-0.2, -0.15) is 0 Å². The van der Waals surface area contributed by atoms with Crippen molar-refractivity contribution >= 4 is 17.2 Å². The lowest BCUT2D eigenvalue weighted by Crippen LogP contribution is -2.35. The van der Waals surface area contributed by atoms with Gasteiger partial charge >= 0.3 is 0 Å². The molecule has 0 bridgehead atoms. The molecule has 3 nitrogen and oxygen atoms in total. The number of carbonyl (C=O) groups is 1. The summed E-state index contributed by atoms with van der Waals surface area (Å²) in [6, 6.07) is 2.97. The van der Waals surface area contributed by atoms with Crippen molar-refractivity contribution in [2.75, 3.05) is 6.54 Å². The third kappa shape index (κ3) is 4.05. The molecule has 106 valence electrons. The van der Waals surface area contributed by atoms with E-state index in [0.717, 1.165) is 13.0 Å². The summed E-state index contributed by atoms with van der Waals surface area (Å²) in [5, 5.41) is 8.72. The molecule has 0 aromatic carbocycles. The van der Waals surface area contributed by atoms with Gasteiger partial charge in [-0.15, -0.1) is 11.3 Å². The first-order valence-corrected chi connectivity index (χ1v) is 8.17. The van der Waals surface area contributed by atoms with Crippen LogP contribution in [-0.2, 0) is 11.2 Å². The van der Waals surface area contributed by atoms with Crippen LogP contribution < -0.4 is 10.6 Å². The maximum Gasteiger partial charge on any atom is 0.221 e. The second-order valence-electron chi connectivity index (χ2n) is 5.32. The second-order valence-corrected chi connectivity index (χ2v) is 6.33. The Morgan fingerprint density at radius 2 is 2.42 bits per heavy atom. The average molecular weight is 280 g/mol. The maximum atomic E-state index is 11.7. The first kappa shape index (κ1) is 14.5. The van der Waals surface area contributed by atoms with Gasteiger partial charge in [0.15, 0.2) is 0 Å². The Morgan fingerprint density at radius 3 is 3.21 bits per heavy atom. The Morgan fingerprint density at radius 1 is 1.58 bits per heavy atom. The Kier molecular flexibility index (Phi) is 5.40. The highest BCUT2D eigenvalue weighted by molar-refractivity contribution is 7.10. The molecule has 2 rings (SSSR count). The van der Waals surface area contributed by atoms with Crippen LogP contribution in [0.5, 0.6) is 0 Å². The first-order valence-electron chi connectivity index (χ1n) is 7.29. The van der Waals surface area contributed by atoms with Crippen molar-refractivity contribution in [3.05, 3.63) is 21.9 Å². The van der Waals surface area contributed by atoms with Crippen LogP contribution in [0, 0.1) is 0 Å². The number of hydrogen-bond donors (Lipinski definition) is 2. The summed E-state index contributed by atoms with van der Waals surface area (Å²) in [5.74, 6) is 0.156. The fourth-order valence-corrected chi connectivity index (χ4v) is 3.49. The summed E-state index contributed by atoms with van der Waals surface area (Å²) in [7, 11) is 0. The van der Waals surface area contributed by atoms with Gasteiger partial charge in [0.1, 0.15) is 0 Å². The summed E-state index contributed by atoms with van der Waals surface area (Å²) in [4.78, 5) is 13.2. The van der Waals surface area contributed by atoms with E-state index >= 15 is 0 Å². The van der Waals surface area contributed by atoms with Crippen LogP contribution in [0.25, 0.3) is 0 Å². The van der Waals surface area contributed by atoms with E-state index in [1.807, 2.05) is 18.3 Å². The van der Waals surface area contributed by atoms with Crippen LogP contribution in [0.4, 0.5) is 0 Å². The van der Waals surface area contributed by atoms with Gasteiger partial charge in [0.05, 0.1) is 0 Å². The molecule has 1 heterocycles. The molecule has 2 N–H and O–H groups in total. The number of fused-ring (bicyclic) bond motifs is 1. The molecule has 0 aliphatic heterocycles. The van der Waals surface area contributed by atoms with Crippen molar-refractivity contribution in [2.45, 2.75) is 58.0 Å². The van der Waals surface area contributed by atoms with Gasteiger partial charge in [-0.3, -0.25) is 4.79 Å². The number of aryl methyl sites for hydroxylation is 1. The van der Waals surface area contributed by atoms with E-state index < -0.39 is 0 Å². The molecule has 1 aliphatic carbocycles. The predicted octanol–water partition coefficient (Wildman–Crippen LogP) is 3.02. The van der Waals surface area contributed by atoms with Crippen LogP contribution in [0.3, 0.4) is 0 Å². The van der Waals surface area contributed by atoms with Crippen LogP contribution in [0.2, 0.25) is 0 Å². The van der Waals surface area contributed by atoms with Crippen molar-refractivity contribution in [3.8, 4) is 0 Å². The van der Waals surface area contributed by atoms with E-state index in [2.05, 4.69) is 29.0 Å². The predicted molar refractivity (Wildman–Crippen MR) is 80.5 cm³/mol. The molecule has 4 heteroatoms. The number of amides is 1. The summed E-state index contributed by atoms with van der Waals surface area (Å²) >= 11 is 1.86. The van der Waals surface area contributed by atoms with E-state index in [4.69, 9.17) is 0 Å². The summed E-state index contributed by atoms with van der Waals surface area (Å²) in [6.45, 7) is 4.90. The third-order valence-electron chi connectivity index (χ3n) is 3.81. The molecule has 0 saturated carbocycles. The molecule has 19 heavy (non-hydrogen) atoms. The highest BCUT2D eigenvalue weighted by Crippen LogP contribution is 2.33. The number of rotatable bonds is 6. The van der Waals surface area contributed by atoms with E-state index in [0.29, 0.717) is 12.5 Å². The van der Waals surface area contributed by atoms with Gasteiger partial charge < -0.3 is 10.6 Å². The van der Waals surface area contributed by atoms with Gasteiger partial charge in [0.25, 0.3) is 0 Å². The molecule has 1 amide bonds. The standard InChI is InChI=1S/C15H24N2OS/c1-3-11(2)17-15(18)7-9-16-13-5-4-6-14-12(13)8-10-19-14/h8,10-11,13,16H,3-7,9H2,1-2H3,(H,17,18). The molecule has 0 spiro atoms. The van der Waals surface area contributed by atoms with Crippen LogP contribution in [-0.4, -0.2) is 18.5 Å². The molecule has 2 atom stereocenters. The molecule has 2 unspecified atom stereocenters. The lowest BCUT2D eigenvalue weighted by atomic mass is 9.94. The fourth-order valence-electron chi connectivity index (χ4n) is 2.51. The molecule has 1 aromatic rings. The average Bonchev–Trinajstić information content (AvgIpc) is 2.87. The van der Waals surface area contributed by atoms with Crippen LogP contribution in [0.15, 0.2) is 11.4 Å². The van der Waals surface area contributed by atoms with E-state index in [1.165, 1.54) is 29.7 Å². The zero-order valence-corrected chi connectivity index (χ0v) is 12.7. The van der Waals surface area contributed by atoms with Crippen molar-refractivity contribution in [3.63, 3.8) is 0 Å². The van der Waals surface area contributed by atoms with Gasteiger partial charge in [0, 0.05) is 29.9 Å². The largest absolute Gasteiger partial charge is 0.354 e. The van der Waals surface area contributed by atoms with Crippen molar-refractivity contribution in [2.24, 2.45) is 0 Å². The van der Waals surface area contributed by atoms with E-state index in [1.54, 1.807) is 0 Å². The zero-order chi connectivity index (χ0) is 13.7. The van der Waals surface area contributed by atoms with E-state index in [-0.39, 0.29) is 11.9 Å². The molecule has 1 aromatic heterocycles. The monoisotopic (exact) mass is 280 g/mol. The number of thiophene rings is 1. The number of nitrogens with one attached hydrogen (secondary N) is 2. The summed E-state index contributed by atoms with van der Waals surface area (Å²) in [5.41, 5.74) is 1.46. The highest BCUT2D eigenvalue weighted by Gasteiger charge is 2.20. The Labute approximate surface area is 119 Å². The first-order chi connectivity index (χ1) is 9.20. The van der Waals surface area contributed by atoms with Crippen LogP contribution >= 0.6 is 11.3 Å². The lowest BCUT2D eigenvalue weighted by Gasteiger charge is -2.23. The highest BCUT2D eigenvalue weighted by atomic mass is 32.1. The van der Waals surface area contributed by atoms with Gasteiger partial charge in [-0.25, -0.2) is 0 Å². The summed E-state index contributed by atoms with van der Waals surface area (Å²) in [6.07, 6.45) is 5.22. The fraction of sp³-hybridized carbons (Fsp3) is 0.667. The minimum Gasteiger partial charge on any atom is -0.354 e. The minimum atomic E-state index is 0.156. The number of hydrogen-bond acceptors (Lipinski definition) is 3. The van der Waals surface area contributed by atoms with E-state index in [9.17, 15) is 4.79 Å². The zero-order valence-electron chi connectivity index (χ0n) is 11.9. The van der Waals surface area contributed by atoms with Crippen molar-refractivity contribution in [1.29, 1.82) is 0 Å². The van der Waals surface area contributed by atoms with Gasteiger partial charge in [-0.1, -0.05) is 6.92 Å². The number of carbonyl (C=O) groups excluding carboxylic acids is 1. The Bertz CT molecular complexity index is 416. The molecule has 0 radical (unpaired) electrons. The third-order valence-corrected chi connectivity index (χ3v) is 4.81. The summed E-state index contributed by atoms with van der Waals surface area (Å²) < 4.78 is 0. The maximum absolute atomic E-state index is 11.7. The van der Waals surface area contributed by atoms with Gasteiger partial charge in [-0.05, 0) is 49.6 Å².